The molecule has 0 spiro atoms. The van der Waals surface area contributed by atoms with E-state index in [9.17, 15) is 9.59 Å². The minimum absolute atomic E-state index is 0.0637. The molecule has 3 heterocycles. The number of aromatic nitrogens is 2. The Morgan fingerprint density at radius 3 is 2.11 bits per heavy atom. The normalized spacial score (nSPS) is 17.4. The van der Waals surface area contributed by atoms with Gasteiger partial charge in [0.15, 0.2) is 5.78 Å². The second-order valence-electron chi connectivity index (χ2n) is 13.1. The third-order valence-corrected chi connectivity index (χ3v) is 10.4. The second kappa shape index (κ2) is 11.4. The number of ketones is 1. The summed E-state index contributed by atoms with van der Waals surface area (Å²) < 4.78 is 4.27. The molecule has 1 aliphatic carbocycles. The lowest BCUT2D eigenvalue weighted by atomic mass is 9.98. The highest BCUT2D eigenvalue weighted by Crippen LogP contribution is 2.40. The summed E-state index contributed by atoms with van der Waals surface area (Å²) in [7, 11) is 0. The first-order chi connectivity index (χ1) is 22.7. The van der Waals surface area contributed by atoms with Crippen molar-refractivity contribution in [1.29, 1.82) is 0 Å². The third kappa shape index (κ3) is 4.28. The fourth-order valence-corrected chi connectivity index (χ4v) is 8.21. The summed E-state index contributed by atoms with van der Waals surface area (Å²) in [6, 6.07) is 12.8. The predicted octanol–water partition coefficient (Wildman–Crippen LogP) is 7.45. The van der Waals surface area contributed by atoms with E-state index in [1.807, 2.05) is 23.7 Å². The minimum atomic E-state index is -0.185. The first-order valence-corrected chi connectivity index (χ1v) is 17.0. The second-order valence-corrected chi connectivity index (χ2v) is 13.1. The maximum Gasteiger partial charge on any atom is 0.278 e. The summed E-state index contributed by atoms with van der Waals surface area (Å²) in [5.74, 6) is -0.121. The van der Waals surface area contributed by atoms with Crippen LogP contribution in [-0.2, 0) is 0 Å². The molecule has 1 amide bonds. The molecular weight excluding hydrogens is 578 g/mol. The fraction of sp³-hybridized carbons (Fsp3) is 0.286. The monoisotopic (exact) mass is 621 g/mol. The molecule has 0 saturated carbocycles. The Kier molecular flexibility index (Phi) is 7.46. The lowest BCUT2D eigenvalue weighted by Gasteiger charge is -2.20. The Labute approximate surface area is 275 Å². The summed E-state index contributed by atoms with van der Waals surface area (Å²) in [4.78, 5) is 27.2. The molecule has 5 heteroatoms. The predicted molar refractivity (Wildman–Crippen MR) is 199 cm³/mol. The average Bonchev–Trinajstić information content (AvgIpc) is 3.72. The Morgan fingerprint density at radius 2 is 1.45 bits per heavy atom. The zero-order valence-electron chi connectivity index (χ0n) is 28.3. The maximum absolute atomic E-state index is 14.2. The van der Waals surface area contributed by atoms with Crippen molar-refractivity contribution in [3.63, 3.8) is 0 Å². The molecule has 238 valence electrons. The van der Waals surface area contributed by atoms with Crippen molar-refractivity contribution in [3.8, 4) is 0 Å². The lowest BCUT2D eigenvalue weighted by Crippen LogP contribution is -2.45. The zero-order valence-corrected chi connectivity index (χ0v) is 28.3. The number of fused-ring (bicyclic) bond motifs is 7. The van der Waals surface area contributed by atoms with Gasteiger partial charge < -0.3 is 4.57 Å². The van der Waals surface area contributed by atoms with Gasteiger partial charge >= 0.3 is 0 Å². The highest BCUT2D eigenvalue weighted by Gasteiger charge is 2.38. The van der Waals surface area contributed by atoms with Gasteiger partial charge in [-0.3, -0.25) is 9.59 Å². The standard InChI is InChI=1S/C42H43N3O2/c1-9-13-14-16-24(5)43-26(7)40-30-18-17-29-25(6)44(27(8)41(29)31(30)19-20-32(40)37(43)11-3)45-38(12-4)34-22-33-28(15-10-2)21-39(46)35(33)23-36(34)42(45)47/h11-12,15,17-20,22-24H,6-10,13-14,16,21H2,1-5H3/b28-15?,37-11-,38-12-. The number of unbranched alkanes of at least 4 members (excludes halogenated alkanes) is 2. The number of allylic oxidation sites excluding steroid dienone is 3. The smallest absolute Gasteiger partial charge is 0.278 e. The molecule has 5 nitrogen and oxygen atoms in total. The van der Waals surface area contributed by atoms with Crippen molar-refractivity contribution in [2.24, 2.45) is 0 Å². The van der Waals surface area contributed by atoms with Gasteiger partial charge in [0.1, 0.15) is 0 Å². The Morgan fingerprint density at radius 1 is 0.787 bits per heavy atom. The van der Waals surface area contributed by atoms with E-state index in [0.717, 1.165) is 67.5 Å². The van der Waals surface area contributed by atoms with E-state index in [-0.39, 0.29) is 11.7 Å². The van der Waals surface area contributed by atoms with Gasteiger partial charge in [-0.25, -0.2) is 9.69 Å². The van der Waals surface area contributed by atoms with Gasteiger partial charge in [0.05, 0.1) is 22.0 Å². The molecule has 0 bridgehead atoms. The van der Waals surface area contributed by atoms with E-state index in [0.29, 0.717) is 34.3 Å². The summed E-state index contributed by atoms with van der Waals surface area (Å²) in [6.07, 6.45) is 12.3. The largest absolute Gasteiger partial charge is 0.338 e. The van der Waals surface area contributed by atoms with Crippen LogP contribution in [0.25, 0.3) is 69.4 Å². The van der Waals surface area contributed by atoms with Crippen molar-refractivity contribution in [3.05, 3.63) is 92.2 Å². The third-order valence-electron chi connectivity index (χ3n) is 10.4. The summed E-state index contributed by atoms with van der Waals surface area (Å²) >= 11 is 0. The summed E-state index contributed by atoms with van der Waals surface area (Å²) in [6.45, 7) is 24.3. The van der Waals surface area contributed by atoms with Gasteiger partial charge in [0.2, 0.25) is 0 Å². The van der Waals surface area contributed by atoms with Crippen LogP contribution < -0.4 is 26.4 Å². The van der Waals surface area contributed by atoms with Crippen molar-refractivity contribution in [1.82, 2.24) is 9.24 Å². The quantitative estimate of drug-likeness (QED) is 0.177. The zero-order chi connectivity index (χ0) is 33.3. The van der Waals surface area contributed by atoms with Crippen LogP contribution in [0.2, 0.25) is 0 Å². The van der Waals surface area contributed by atoms with Gasteiger partial charge in [-0.05, 0) is 67.7 Å². The van der Waals surface area contributed by atoms with Crippen molar-refractivity contribution in [2.75, 3.05) is 5.01 Å². The number of benzene rings is 3. The van der Waals surface area contributed by atoms with Gasteiger partial charge in [-0.15, -0.1) is 0 Å². The molecule has 0 fully saturated rings. The van der Waals surface area contributed by atoms with Gasteiger partial charge in [-0.1, -0.05) is 95.3 Å². The molecule has 1 aliphatic heterocycles. The Balaban J connectivity index is 1.43. The Bertz CT molecular complexity index is 2470. The first-order valence-electron chi connectivity index (χ1n) is 17.0. The molecular formula is C42H43N3O2. The van der Waals surface area contributed by atoms with Crippen LogP contribution in [0.3, 0.4) is 0 Å². The number of hydrogen-bond donors (Lipinski definition) is 0. The molecule has 2 aromatic heterocycles. The molecule has 0 N–H and O–H groups in total. The van der Waals surface area contributed by atoms with E-state index in [1.54, 1.807) is 11.1 Å². The first kappa shape index (κ1) is 30.7. The van der Waals surface area contributed by atoms with E-state index >= 15 is 0 Å². The van der Waals surface area contributed by atoms with Crippen LogP contribution in [0.15, 0.2) is 48.6 Å². The SMILES string of the molecule is C=c1c2ccc3c(ccc4/c(=C/C)n(C(C)CCCCC)c(=C)c43)c2c(=C)n1N1C(=O)c2cc3c(cc2/C1=C/C)C(=CCC)CC3=O. The van der Waals surface area contributed by atoms with Crippen LogP contribution in [0.4, 0.5) is 0 Å². The van der Waals surface area contributed by atoms with E-state index in [2.05, 4.69) is 88.4 Å². The molecule has 2 aliphatic rings. The van der Waals surface area contributed by atoms with Crippen molar-refractivity contribution < 1.29 is 9.59 Å². The number of carbonyl (C=O) groups is 2. The van der Waals surface area contributed by atoms with Crippen LogP contribution in [0.1, 0.15) is 111 Å². The van der Waals surface area contributed by atoms with Crippen LogP contribution in [-0.4, -0.2) is 20.9 Å². The van der Waals surface area contributed by atoms with Gasteiger partial charge in [-0.2, -0.15) is 0 Å². The number of hydrogen-bond acceptors (Lipinski definition) is 2. The molecule has 1 atom stereocenters. The van der Waals surface area contributed by atoms with E-state index in [4.69, 9.17) is 0 Å². The number of amides is 1. The topological polar surface area (TPSA) is 47.2 Å². The lowest BCUT2D eigenvalue weighted by molar-refractivity contribution is 0.0983. The summed E-state index contributed by atoms with van der Waals surface area (Å²) in [5, 5.41) is 11.8. The van der Waals surface area contributed by atoms with E-state index < -0.39 is 0 Å². The average molecular weight is 622 g/mol. The van der Waals surface area contributed by atoms with Crippen molar-refractivity contribution in [2.45, 2.75) is 79.2 Å². The number of Topliss-reactive ketones (excluding diaryl/α,β-unsaturated/α-hetero) is 1. The van der Waals surface area contributed by atoms with Crippen molar-refractivity contribution >= 4 is 81.1 Å². The molecule has 0 radical (unpaired) electrons. The summed E-state index contributed by atoms with van der Waals surface area (Å²) in [5.41, 5.74) is 4.73. The molecule has 0 saturated heterocycles. The van der Waals surface area contributed by atoms with Crippen LogP contribution >= 0.6 is 0 Å². The maximum atomic E-state index is 14.2. The molecule has 1 unspecified atom stereocenters. The minimum Gasteiger partial charge on any atom is -0.338 e. The van der Waals surface area contributed by atoms with Crippen LogP contribution in [0, 0.1) is 0 Å². The molecule has 3 aromatic carbocycles. The molecule has 5 aromatic rings. The van der Waals surface area contributed by atoms with Crippen LogP contribution in [0.5, 0.6) is 0 Å². The number of carbonyl (C=O) groups excluding carboxylic acids is 2. The Hall–Kier alpha value is -4.90. The van der Waals surface area contributed by atoms with Gasteiger partial charge in [0, 0.05) is 55.8 Å². The fourth-order valence-electron chi connectivity index (χ4n) is 8.21. The highest BCUT2D eigenvalue weighted by atomic mass is 16.2. The van der Waals surface area contributed by atoms with Gasteiger partial charge in [0.25, 0.3) is 5.91 Å². The molecule has 47 heavy (non-hydrogen) atoms. The van der Waals surface area contributed by atoms with E-state index in [1.165, 1.54) is 30.0 Å². The highest BCUT2D eigenvalue weighted by molar-refractivity contribution is 6.22. The molecule has 7 rings (SSSR count). The number of nitrogens with zero attached hydrogens (tertiary/aromatic N) is 3. The number of rotatable bonds is 7.